The van der Waals surface area contributed by atoms with Crippen molar-refractivity contribution in [2.75, 3.05) is 39.6 Å². The zero-order valence-electron chi connectivity index (χ0n) is 17.5. The molecule has 0 bridgehead atoms. The van der Waals surface area contributed by atoms with E-state index >= 15 is 0 Å². The fraction of sp³-hybridized carbons (Fsp3) is 0.667. The van der Waals surface area contributed by atoms with Crippen LogP contribution >= 0.6 is 11.3 Å². The fourth-order valence-electron chi connectivity index (χ4n) is 4.79. The summed E-state index contributed by atoms with van der Waals surface area (Å²) in [5, 5.41) is 13.9. The average Bonchev–Trinajstić information content (AvgIpc) is 3.27. The first-order valence-electron chi connectivity index (χ1n) is 10.5. The Morgan fingerprint density at radius 2 is 1.97 bits per heavy atom. The first-order chi connectivity index (χ1) is 14.0. The number of aliphatic hydroxyl groups excluding tert-OH is 1. The number of carbonyl (C=O) groups is 1. The van der Waals surface area contributed by atoms with Crippen LogP contribution in [-0.4, -0.2) is 77.2 Å². The molecule has 2 aromatic rings. The average molecular weight is 418 g/mol. The maximum atomic E-state index is 13.0. The second-order valence-corrected chi connectivity index (χ2v) is 9.61. The van der Waals surface area contributed by atoms with Gasteiger partial charge in [-0.2, -0.15) is 0 Å². The molecule has 0 spiro atoms. The minimum absolute atomic E-state index is 0.0161. The number of thiophene rings is 1. The number of aryl methyl sites for hydroxylation is 1. The van der Waals surface area contributed by atoms with Gasteiger partial charge in [-0.3, -0.25) is 4.79 Å². The number of hydrogen-bond donors (Lipinski definition) is 2. The summed E-state index contributed by atoms with van der Waals surface area (Å²) in [6.45, 7) is 0.348. The Morgan fingerprint density at radius 3 is 2.66 bits per heavy atom. The molecule has 29 heavy (non-hydrogen) atoms. The number of fused-ring (bicyclic) bond motifs is 3. The fourth-order valence-corrected chi connectivity index (χ4v) is 6.00. The van der Waals surface area contributed by atoms with E-state index in [9.17, 15) is 9.90 Å². The van der Waals surface area contributed by atoms with Crippen molar-refractivity contribution in [3.8, 4) is 0 Å². The molecule has 2 N–H and O–H groups in total. The summed E-state index contributed by atoms with van der Waals surface area (Å²) >= 11 is 1.70. The van der Waals surface area contributed by atoms with E-state index in [4.69, 9.17) is 0 Å². The van der Waals surface area contributed by atoms with Gasteiger partial charge in [0.1, 0.15) is 17.0 Å². The number of amides is 1. The van der Waals surface area contributed by atoms with E-state index in [1.165, 1.54) is 17.7 Å². The topological polar surface area (TPSA) is 81.6 Å². The van der Waals surface area contributed by atoms with Gasteiger partial charge in [-0.25, -0.2) is 9.97 Å². The molecule has 1 amide bonds. The molecule has 4 rings (SSSR count). The predicted octanol–water partition coefficient (Wildman–Crippen LogP) is 2.46. The number of aromatic nitrogens is 2. The van der Waals surface area contributed by atoms with Gasteiger partial charge in [-0.15, -0.1) is 11.3 Å². The third-order valence-corrected chi connectivity index (χ3v) is 7.66. The Kier molecular flexibility index (Phi) is 6.03. The quantitative estimate of drug-likeness (QED) is 0.751. The van der Waals surface area contributed by atoms with Gasteiger partial charge >= 0.3 is 0 Å². The molecular formula is C21H31N5O2S. The number of carbonyl (C=O) groups excluding carboxylic acids is 1. The van der Waals surface area contributed by atoms with Gasteiger partial charge in [-0.1, -0.05) is 0 Å². The highest BCUT2D eigenvalue weighted by atomic mass is 32.1. The lowest BCUT2D eigenvalue weighted by molar-refractivity contribution is -0.131. The zero-order valence-corrected chi connectivity index (χ0v) is 18.3. The van der Waals surface area contributed by atoms with Crippen molar-refractivity contribution in [2.24, 2.45) is 0 Å². The maximum Gasteiger partial charge on any atom is 0.230 e. The second-order valence-electron chi connectivity index (χ2n) is 8.53. The summed E-state index contributed by atoms with van der Waals surface area (Å²) in [6.07, 6.45) is 8.00. The molecule has 2 aliphatic carbocycles. The lowest BCUT2D eigenvalue weighted by Gasteiger charge is -2.33. The van der Waals surface area contributed by atoms with Crippen LogP contribution in [-0.2, 0) is 11.2 Å². The Morgan fingerprint density at radius 1 is 1.21 bits per heavy atom. The van der Waals surface area contributed by atoms with Gasteiger partial charge < -0.3 is 20.2 Å². The van der Waals surface area contributed by atoms with E-state index in [-0.39, 0.29) is 18.4 Å². The van der Waals surface area contributed by atoms with Crippen molar-refractivity contribution in [2.45, 2.75) is 56.5 Å². The van der Waals surface area contributed by atoms with E-state index < -0.39 is 0 Å². The highest BCUT2D eigenvalue weighted by molar-refractivity contribution is 7.19. The number of nitrogens with zero attached hydrogens (tertiary/aromatic N) is 4. The molecule has 158 valence electrons. The molecule has 1 fully saturated rings. The van der Waals surface area contributed by atoms with E-state index in [1.54, 1.807) is 29.6 Å². The summed E-state index contributed by atoms with van der Waals surface area (Å²) in [7, 11) is 6.09. The molecule has 1 unspecified atom stereocenters. The van der Waals surface area contributed by atoms with E-state index in [0.29, 0.717) is 18.6 Å². The number of aliphatic hydroxyl groups is 1. The monoisotopic (exact) mass is 417 g/mol. The van der Waals surface area contributed by atoms with Crippen molar-refractivity contribution in [1.82, 2.24) is 19.8 Å². The van der Waals surface area contributed by atoms with Gasteiger partial charge in [0, 0.05) is 30.6 Å². The molecule has 7 nitrogen and oxygen atoms in total. The number of nitrogens with one attached hydrogen (secondary N) is 1. The Labute approximate surface area is 176 Å². The summed E-state index contributed by atoms with van der Waals surface area (Å²) in [4.78, 5) is 28.3. The maximum absolute atomic E-state index is 13.0. The van der Waals surface area contributed by atoms with E-state index in [2.05, 4.69) is 34.3 Å². The Balaban J connectivity index is 1.60. The van der Waals surface area contributed by atoms with Crippen LogP contribution in [0.5, 0.6) is 0 Å². The number of likely N-dealkylation sites (N-methyl/N-ethyl adjacent to an activating group) is 1. The standard InChI is InChI=1S/C21H31N5O2S/c1-25(2)14-6-4-13(5-7-14)24-19-18-17-15(21(28)26(3)10-11-27)8-9-16(17)29-20(18)23-12-22-19/h12-15,27H,4-11H2,1-3H3,(H,22,23,24)/t13-,14-,15?. The molecule has 1 atom stereocenters. The van der Waals surface area contributed by atoms with Crippen LogP contribution in [0, 0.1) is 0 Å². The molecule has 0 aliphatic heterocycles. The Bertz CT molecular complexity index is 875. The van der Waals surface area contributed by atoms with Crippen LogP contribution in [0.25, 0.3) is 10.2 Å². The van der Waals surface area contributed by atoms with Crippen LogP contribution in [0.4, 0.5) is 5.82 Å². The summed E-state index contributed by atoms with van der Waals surface area (Å²) in [5.74, 6) is 0.801. The molecule has 0 aromatic carbocycles. The molecule has 2 aliphatic rings. The Hall–Kier alpha value is -1.77. The van der Waals surface area contributed by atoms with Gasteiger partial charge in [0.25, 0.3) is 0 Å². The first kappa shape index (κ1) is 20.5. The number of hydrogen-bond acceptors (Lipinski definition) is 7. The van der Waals surface area contributed by atoms with Gasteiger partial charge in [0.05, 0.1) is 17.9 Å². The highest BCUT2D eigenvalue weighted by Crippen LogP contribution is 2.46. The molecule has 2 aromatic heterocycles. The minimum atomic E-state index is -0.161. The molecule has 1 saturated carbocycles. The van der Waals surface area contributed by atoms with Crippen LogP contribution in [0.3, 0.4) is 0 Å². The first-order valence-corrected chi connectivity index (χ1v) is 11.4. The van der Waals surface area contributed by atoms with Gasteiger partial charge in [-0.05, 0) is 58.2 Å². The lowest BCUT2D eigenvalue weighted by Crippen LogP contribution is -2.36. The van der Waals surface area contributed by atoms with Crippen molar-refractivity contribution >= 4 is 33.3 Å². The predicted molar refractivity (Wildman–Crippen MR) is 117 cm³/mol. The second kappa shape index (κ2) is 8.53. The smallest absolute Gasteiger partial charge is 0.230 e. The SMILES string of the molecule is CN(CCO)C(=O)C1CCc2sc3ncnc(N[C@H]4CC[C@H](N(C)C)CC4)c3c21. The summed E-state index contributed by atoms with van der Waals surface area (Å²) in [5.41, 5.74) is 1.12. The molecule has 0 saturated heterocycles. The minimum Gasteiger partial charge on any atom is -0.395 e. The highest BCUT2D eigenvalue weighted by Gasteiger charge is 2.36. The zero-order chi connectivity index (χ0) is 20.5. The van der Waals surface area contributed by atoms with Crippen LogP contribution in [0.1, 0.15) is 48.5 Å². The lowest BCUT2D eigenvalue weighted by atomic mass is 9.90. The van der Waals surface area contributed by atoms with Crippen molar-refractivity contribution in [3.05, 3.63) is 16.8 Å². The van der Waals surface area contributed by atoms with E-state index in [1.807, 2.05) is 0 Å². The third-order valence-electron chi connectivity index (χ3n) is 6.49. The summed E-state index contributed by atoms with van der Waals surface area (Å²) < 4.78 is 0. The molecule has 2 heterocycles. The summed E-state index contributed by atoms with van der Waals surface area (Å²) in [6, 6.07) is 1.07. The molecule has 0 radical (unpaired) electrons. The van der Waals surface area contributed by atoms with Crippen LogP contribution in [0.15, 0.2) is 6.33 Å². The molecular weight excluding hydrogens is 386 g/mol. The third kappa shape index (κ3) is 3.98. The number of rotatable bonds is 6. The van der Waals surface area contributed by atoms with Crippen molar-refractivity contribution < 1.29 is 9.90 Å². The van der Waals surface area contributed by atoms with E-state index in [0.717, 1.165) is 47.3 Å². The van der Waals surface area contributed by atoms with Crippen LogP contribution in [0.2, 0.25) is 0 Å². The largest absolute Gasteiger partial charge is 0.395 e. The molecule has 8 heteroatoms. The van der Waals surface area contributed by atoms with Gasteiger partial charge in [0.15, 0.2) is 0 Å². The number of anilines is 1. The van der Waals surface area contributed by atoms with Crippen molar-refractivity contribution in [3.63, 3.8) is 0 Å². The van der Waals surface area contributed by atoms with Crippen molar-refractivity contribution in [1.29, 1.82) is 0 Å². The normalized spacial score (nSPS) is 24.1. The van der Waals surface area contributed by atoms with Crippen LogP contribution < -0.4 is 5.32 Å². The van der Waals surface area contributed by atoms with Gasteiger partial charge in [0.2, 0.25) is 5.91 Å².